The lowest BCUT2D eigenvalue weighted by Gasteiger charge is -2.42. The molecule has 0 bridgehead atoms. The molecule has 0 radical (unpaired) electrons. The third kappa shape index (κ3) is 40.7. The maximum absolute atomic E-state index is 13.2. The van der Waals surface area contributed by atoms with Gasteiger partial charge >= 0.3 is 0 Å². The highest BCUT2D eigenvalue weighted by Gasteiger charge is 2.47. The Balaban J connectivity index is 1.81. The summed E-state index contributed by atoms with van der Waals surface area (Å²) < 4.78 is 83.1. The van der Waals surface area contributed by atoms with E-state index in [4.69, 9.17) is 76.8 Å². The lowest BCUT2D eigenvalue weighted by Crippen LogP contribution is -2.64. The monoisotopic (exact) mass is 1440 g/mol. The van der Waals surface area contributed by atoms with E-state index in [-0.39, 0.29) is 204 Å². The second kappa shape index (κ2) is 54.9. The van der Waals surface area contributed by atoms with E-state index >= 15 is 0 Å². The summed E-state index contributed by atoms with van der Waals surface area (Å²) in [5, 5.41) is 107. The van der Waals surface area contributed by atoms with Crippen LogP contribution in [0.15, 0.2) is 0 Å². The minimum atomic E-state index is -2.01. The summed E-state index contributed by atoms with van der Waals surface area (Å²) in [5.41, 5.74) is 4.49. The fraction of sp³-hybridized carbons (Fsp3) is 0.883. The summed E-state index contributed by atoms with van der Waals surface area (Å²) in [6.45, 7) is 6.43. The highest BCUT2D eigenvalue weighted by molar-refractivity contribution is 5.81. The smallest absolute Gasteiger partial charge is 0.234 e. The standard InChI is InChI=1S/C60H112N8O31/c1-39(36-69)97-59(51(56(83)84)67-42(4)74)96-34-31-93-28-25-90-22-19-87-16-13-64-47(77)7-10-60(68-48(78)35-61,8-5-45(75)62-11-14-85-17-20-88-23-26-91-29-32-94-57-49(65-40(2)72)54(81)52(79)43(37-70)98-57)9-6-46(76)63-12-15-86-18-21-89-24-27-92-30-33-95-58-50(66-41(3)73)55(82)53(80)44(38-71)99-58/h39,43-44,49-59,69-71,79-84H,5-38,61H2,1-4H3,(H,62,75)(H,63,76)(H,64,77)(H,65,72)(H,66,73)(H,67,74)(H,68,78). The predicted octanol–water partition coefficient (Wildman–Crippen LogP) is -8.89. The van der Waals surface area contributed by atoms with Gasteiger partial charge in [-0.1, -0.05) is 0 Å². The number of carbonyl (C=O) groups is 7. The van der Waals surface area contributed by atoms with Crippen LogP contribution in [0.1, 0.15) is 66.2 Å². The summed E-state index contributed by atoms with van der Waals surface area (Å²) >= 11 is 0. The van der Waals surface area contributed by atoms with Gasteiger partial charge < -0.3 is 160 Å². The Bertz CT molecular complexity index is 2100. The second-order valence-corrected chi connectivity index (χ2v) is 22.7. The largest absolute Gasteiger partial charge is 0.394 e. The third-order valence-corrected chi connectivity index (χ3v) is 14.7. The maximum atomic E-state index is 13.2. The molecule has 0 saturated carbocycles. The van der Waals surface area contributed by atoms with Gasteiger partial charge in [-0.15, -0.1) is 0 Å². The molecule has 0 aromatic heterocycles. The summed E-state index contributed by atoms with van der Waals surface area (Å²) in [6.07, 6.45) is -14.6. The molecule has 18 N–H and O–H groups in total. The number of hydrogen-bond donors (Lipinski definition) is 17. The Kier molecular flexibility index (Phi) is 50.1. The van der Waals surface area contributed by atoms with E-state index in [1.807, 2.05) is 0 Å². The number of rotatable bonds is 60. The molecule has 2 rings (SSSR count). The molecule has 0 aliphatic carbocycles. The van der Waals surface area contributed by atoms with Crippen LogP contribution in [0.4, 0.5) is 0 Å². The van der Waals surface area contributed by atoms with Gasteiger partial charge in [0.2, 0.25) is 41.4 Å². The van der Waals surface area contributed by atoms with Crippen molar-refractivity contribution in [3.8, 4) is 0 Å². The Labute approximate surface area is 575 Å². The van der Waals surface area contributed by atoms with Crippen molar-refractivity contribution in [3.63, 3.8) is 0 Å². The Morgan fingerprint density at radius 1 is 0.465 bits per heavy atom. The quantitative estimate of drug-likeness (QED) is 0.0199. The lowest BCUT2D eigenvalue weighted by molar-refractivity contribution is -0.272. The van der Waals surface area contributed by atoms with Crippen LogP contribution in [-0.4, -0.2) is 364 Å². The van der Waals surface area contributed by atoms with Crippen molar-refractivity contribution >= 4 is 41.4 Å². The number of ether oxygens (including phenoxy) is 15. The van der Waals surface area contributed by atoms with Crippen molar-refractivity contribution in [2.75, 3.05) is 185 Å². The Morgan fingerprint density at radius 2 is 0.798 bits per heavy atom. The Morgan fingerprint density at radius 3 is 1.10 bits per heavy atom. The lowest BCUT2D eigenvalue weighted by atomic mass is 9.83. The van der Waals surface area contributed by atoms with Gasteiger partial charge in [0.05, 0.1) is 171 Å². The van der Waals surface area contributed by atoms with Crippen molar-refractivity contribution in [2.24, 2.45) is 5.73 Å². The van der Waals surface area contributed by atoms with Crippen LogP contribution in [0, 0.1) is 0 Å². The van der Waals surface area contributed by atoms with E-state index in [1.165, 1.54) is 27.7 Å². The average Bonchev–Trinajstić information content (AvgIpc) is 0.808. The number of nitrogens with one attached hydrogen (secondary N) is 7. The normalized spacial score (nSPS) is 22.4. The maximum Gasteiger partial charge on any atom is 0.234 e. The van der Waals surface area contributed by atoms with Crippen molar-refractivity contribution in [3.05, 3.63) is 0 Å². The number of aliphatic hydroxyl groups is 9. The molecule has 2 saturated heterocycles. The first-order valence-electron chi connectivity index (χ1n) is 33.1. The van der Waals surface area contributed by atoms with Gasteiger partial charge in [0.1, 0.15) is 54.7 Å². The van der Waals surface area contributed by atoms with Gasteiger partial charge in [-0.2, -0.15) is 0 Å². The van der Waals surface area contributed by atoms with Crippen LogP contribution in [0.3, 0.4) is 0 Å². The van der Waals surface area contributed by atoms with Crippen molar-refractivity contribution in [2.45, 2.75) is 158 Å². The summed E-state index contributed by atoms with van der Waals surface area (Å²) in [4.78, 5) is 87.5. The molecule has 39 heteroatoms. The molecular formula is C60H112N8O31. The first-order valence-corrected chi connectivity index (χ1v) is 33.1. The van der Waals surface area contributed by atoms with Gasteiger partial charge in [-0.3, -0.25) is 33.6 Å². The van der Waals surface area contributed by atoms with Crippen LogP contribution in [0.2, 0.25) is 0 Å². The van der Waals surface area contributed by atoms with Crippen molar-refractivity contribution in [1.82, 2.24) is 37.2 Å². The predicted molar refractivity (Wildman–Crippen MR) is 340 cm³/mol. The molecule has 578 valence electrons. The average molecular weight is 1440 g/mol. The van der Waals surface area contributed by atoms with E-state index in [1.54, 1.807) is 0 Å². The van der Waals surface area contributed by atoms with Crippen molar-refractivity contribution in [1.29, 1.82) is 0 Å². The van der Waals surface area contributed by atoms with Gasteiger partial charge in [0, 0.05) is 65.2 Å². The van der Waals surface area contributed by atoms with E-state index < -0.39 is 153 Å². The summed E-state index contributed by atoms with van der Waals surface area (Å²) in [7, 11) is 0. The highest BCUT2D eigenvalue weighted by atomic mass is 16.7. The number of carbonyl (C=O) groups excluding carboxylic acids is 7. The molecule has 0 aromatic rings. The molecule has 0 aromatic carbocycles. The number of amides is 7. The molecule has 2 aliphatic rings. The van der Waals surface area contributed by atoms with Crippen LogP contribution >= 0.6 is 0 Å². The minimum Gasteiger partial charge on any atom is -0.394 e. The minimum absolute atomic E-state index is 0.00587. The van der Waals surface area contributed by atoms with Gasteiger partial charge in [-0.25, -0.2) is 0 Å². The third-order valence-electron chi connectivity index (χ3n) is 14.7. The zero-order valence-electron chi connectivity index (χ0n) is 57.2. The van der Waals surface area contributed by atoms with E-state index in [0.29, 0.717) is 0 Å². The van der Waals surface area contributed by atoms with Crippen LogP contribution < -0.4 is 43.0 Å². The fourth-order valence-electron chi connectivity index (χ4n) is 9.56. The molecule has 2 fully saturated rings. The van der Waals surface area contributed by atoms with E-state index in [9.17, 15) is 79.5 Å². The summed E-state index contributed by atoms with van der Waals surface area (Å²) in [5.74, 6) is -3.28. The van der Waals surface area contributed by atoms with Crippen LogP contribution in [-0.2, 0) is 105 Å². The molecule has 39 nitrogen and oxygen atoms in total. The number of aliphatic hydroxyl groups excluding tert-OH is 8. The molecule has 2 aliphatic heterocycles. The van der Waals surface area contributed by atoms with Crippen LogP contribution in [0.5, 0.6) is 0 Å². The number of nitrogens with two attached hydrogens (primary N) is 1. The molecule has 2 heterocycles. The van der Waals surface area contributed by atoms with E-state index in [2.05, 4.69) is 37.2 Å². The first kappa shape index (κ1) is 90.4. The molecule has 13 atom stereocenters. The summed E-state index contributed by atoms with van der Waals surface area (Å²) in [6, 6.07) is -3.49. The molecule has 13 unspecified atom stereocenters. The topological polar surface area (TPSA) is 550 Å². The Hall–Kier alpha value is -4.71. The number of hydrogen-bond acceptors (Lipinski definition) is 32. The van der Waals surface area contributed by atoms with E-state index in [0.717, 1.165) is 0 Å². The molecule has 7 amide bonds. The molecular weight excluding hydrogens is 1330 g/mol. The van der Waals surface area contributed by atoms with Crippen LogP contribution in [0.25, 0.3) is 0 Å². The van der Waals surface area contributed by atoms with Gasteiger partial charge in [0.25, 0.3) is 0 Å². The molecule has 0 spiro atoms. The molecule has 99 heavy (non-hydrogen) atoms. The SMILES string of the molecule is CC(=O)NC(C(O)O)C(OCCOCCOCCOCCNC(=O)CCC(CCC(=O)NCCOCCOCCOCCOC1OC(CO)C(O)C(O)C1NC(C)=O)(CCC(=O)NCCOCCOCCOCCOC1OC(CO)C(O)C(O)C1NC(C)=O)NC(=O)CN)OC(C)CO. The van der Waals surface area contributed by atoms with Gasteiger partial charge in [0.15, 0.2) is 25.2 Å². The van der Waals surface area contributed by atoms with Gasteiger partial charge in [-0.05, 0) is 26.2 Å². The second-order valence-electron chi connectivity index (χ2n) is 22.7. The fourth-order valence-corrected chi connectivity index (χ4v) is 9.56. The highest BCUT2D eigenvalue weighted by Crippen LogP contribution is 2.27. The zero-order valence-corrected chi connectivity index (χ0v) is 57.2. The first-order chi connectivity index (χ1) is 47.5. The van der Waals surface area contributed by atoms with Crippen molar-refractivity contribution < 1.29 is 151 Å². The zero-order chi connectivity index (χ0) is 73.2.